The van der Waals surface area contributed by atoms with Crippen molar-refractivity contribution < 1.29 is 0 Å². The van der Waals surface area contributed by atoms with Gasteiger partial charge in [0.05, 0.1) is 0 Å². The summed E-state index contributed by atoms with van der Waals surface area (Å²) in [4.78, 5) is 0. The third-order valence-corrected chi connectivity index (χ3v) is 3.84. The predicted molar refractivity (Wildman–Crippen MR) is 82.4 cm³/mol. The molecule has 0 spiro atoms. The SMILES string of the molecule is Cc1ccccc1C(C)Nc1ccccc1I. The maximum absolute atomic E-state index is 3.56. The fourth-order valence-corrected chi connectivity index (χ4v) is 2.51. The zero-order valence-electron chi connectivity index (χ0n) is 10.1. The van der Waals surface area contributed by atoms with Crippen LogP contribution in [0.3, 0.4) is 0 Å². The summed E-state index contributed by atoms with van der Waals surface area (Å²) in [5.74, 6) is 0. The van der Waals surface area contributed by atoms with E-state index in [-0.39, 0.29) is 0 Å². The molecule has 0 fully saturated rings. The first-order valence-electron chi connectivity index (χ1n) is 5.75. The molecule has 2 aromatic rings. The molecule has 1 N–H and O–H groups in total. The highest BCUT2D eigenvalue weighted by Gasteiger charge is 2.08. The number of benzene rings is 2. The molecule has 2 heteroatoms. The second kappa shape index (κ2) is 5.54. The first kappa shape index (κ1) is 12.4. The summed E-state index contributed by atoms with van der Waals surface area (Å²) >= 11 is 2.36. The van der Waals surface area contributed by atoms with Gasteiger partial charge in [-0.2, -0.15) is 0 Å². The molecule has 0 aliphatic heterocycles. The quantitative estimate of drug-likeness (QED) is 0.796. The van der Waals surface area contributed by atoms with Gasteiger partial charge in [0.25, 0.3) is 0 Å². The van der Waals surface area contributed by atoms with Crippen molar-refractivity contribution in [2.75, 3.05) is 5.32 Å². The maximum atomic E-state index is 3.56. The fraction of sp³-hybridized carbons (Fsp3) is 0.200. The van der Waals surface area contributed by atoms with Crippen LogP contribution in [-0.2, 0) is 0 Å². The minimum absolute atomic E-state index is 0.326. The molecule has 0 aliphatic carbocycles. The van der Waals surface area contributed by atoms with E-state index >= 15 is 0 Å². The van der Waals surface area contributed by atoms with Crippen LogP contribution >= 0.6 is 22.6 Å². The molecular weight excluding hydrogens is 321 g/mol. The Hall–Kier alpha value is -1.03. The Morgan fingerprint density at radius 3 is 2.35 bits per heavy atom. The molecule has 0 radical (unpaired) electrons. The monoisotopic (exact) mass is 337 g/mol. The van der Waals surface area contributed by atoms with Crippen LogP contribution in [0.4, 0.5) is 5.69 Å². The average Bonchev–Trinajstić information content (AvgIpc) is 2.32. The van der Waals surface area contributed by atoms with Gasteiger partial charge in [0.15, 0.2) is 0 Å². The van der Waals surface area contributed by atoms with Gasteiger partial charge in [-0.25, -0.2) is 0 Å². The lowest BCUT2D eigenvalue weighted by atomic mass is 10.0. The molecular formula is C15H16IN. The number of aryl methyl sites for hydroxylation is 1. The third-order valence-electron chi connectivity index (χ3n) is 2.90. The van der Waals surface area contributed by atoms with Crippen LogP contribution in [0, 0.1) is 10.5 Å². The molecule has 17 heavy (non-hydrogen) atoms. The summed E-state index contributed by atoms with van der Waals surface area (Å²) < 4.78 is 1.26. The van der Waals surface area contributed by atoms with Crippen LogP contribution in [0.1, 0.15) is 24.1 Å². The lowest BCUT2D eigenvalue weighted by Gasteiger charge is -2.18. The van der Waals surface area contributed by atoms with E-state index < -0.39 is 0 Å². The van der Waals surface area contributed by atoms with E-state index in [1.807, 2.05) is 0 Å². The van der Waals surface area contributed by atoms with Crippen LogP contribution in [-0.4, -0.2) is 0 Å². The average molecular weight is 337 g/mol. The molecule has 2 rings (SSSR count). The summed E-state index contributed by atoms with van der Waals surface area (Å²) in [5, 5.41) is 3.56. The molecule has 2 aromatic carbocycles. The fourth-order valence-electron chi connectivity index (χ4n) is 1.96. The Morgan fingerprint density at radius 2 is 1.65 bits per heavy atom. The van der Waals surface area contributed by atoms with E-state index in [2.05, 4.69) is 90.3 Å². The van der Waals surface area contributed by atoms with Crippen LogP contribution in [0.15, 0.2) is 48.5 Å². The standard InChI is InChI=1S/C15H16IN/c1-11-7-3-4-8-13(11)12(2)17-15-10-6-5-9-14(15)16/h3-10,12,17H,1-2H3. The zero-order valence-corrected chi connectivity index (χ0v) is 12.2. The first-order valence-corrected chi connectivity index (χ1v) is 6.83. The van der Waals surface area contributed by atoms with Crippen LogP contribution < -0.4 is 5.32 Å². The summed E-state index contributed by atoms with van der Waals surface area (Å²) in [6.45, 7) is 4.36. The molecule has 1 atom stereocenters. The Labute approximate surface area is 116 Å². The lowest BCUT2D eigenvalue weighted by molar-refractivity contribution is 0.873. The molecule has 0 saturated heterocycles. The summed E-state index contributed by atoms with van der Waals surface area (Å²) in [5.41, 5.74) is 3.88. The number of anilines is 1. The third kappa shape index (κ3) is 3.00. The lowest BCUT2D eigenvalue weighted by Crippen LogP contribution is -2.08. The summed E-state index contributed by atoms with van der Waals surface area (Å²) in [7, 11) is 0. The van der Waals surface area contributed by atoms with Gasteiger partial charge in [-0.3, -0.25) is 0 Å². The maximum Gasteiger partial charge on any atom is 0.0488 e. The van der Waals surface area contributed by atoms with Crippen molar-refractivity contribution in [2.45, 2.75) is 19.9 Å². The van der Waals surface area contributed by atoms with Gasteiger partial charge in [-0.1, -0.05) is 36.4 Å². The van der Waals surface area contributed by atoms with E-state index in [0.717, 1.165) is 0 Å². The van der Waals surface area contributed by atoms with E-state index in [1.165, 1.54) is 20.4 Å². The highest BCUT2D eigenvalue weighted by atomic mass is 127. The molecule has 0 aromatic heterocycles. The number of halogens is 1. The second-order valence-corrected chi connectivity index (χ2v) is 5.36. The largest absolute Gasteiger partial charge is 0.378 e. The molecule has 0 heterocycles. The van der Waals surface area contributed by atoms with E-state index in [1.54, 1.807) is 0 Å². The van der Waals surface area contributed by atoms with Crippen molar-refractivity contribution >= 4 is 28.3 Å². The highest BCUT2D eigenvalue weighted by Crippen LogP contribution is 2.24. The highest BCUT2D eigenvalue weighted by molar-refractivity contribution is 14.1. The van der Waals surface area contributed by atoms with Gasteiger partial charge >= 0.3 is 0 Å². The Bertz CT molecular complexity index is 508. The van der Waals surface area contributed by atoms with E-state index in [9.17, 15) is 0 Å². The summed E-state index contributed by atoms with van der Waals surface area (Å²) in [6.07, 6.45) is 0. The normalized spacial score (nSPS) is 12.2. The first-order chi connectivity index (χ1) is 8.18. The zero-order chi connectivity index (χ0) is 12.3. The van der Waals surface area contributed by atoms with Crippen molar-refractivity contribution in [3.63, 3.8) is 0 Å². The molecule has 0 aliphatic rings. The van der Waals surface area contributed by atoms with Crippen LogP contribution in [0.5, 0.6) is 0 Å². The Kier molecular flexibility index (Phi) is 4.05. The molecule has 1 nitrogen and oxygen atoms in total. The number of hydrogen-bond acceptors (Lipinski definition) is 1. The molecule has 0 saturated carbocycles. The number of para-hydroxylation sites is 1. The van der Waals surface area contributed by atoms with E-state index in [4.69, 9.17) is 0 Å². The number of hydrogen-bond donors (Lipinski definition) is 1. The van der Waals surface area contributed by atoms with Crippen LogP contribution in [0.25, 0.3) is 0 Å². The molecule has 0 amide bonds. The van der Waals surface area contributed by atoms with Gasteiger partial charge < -0.3 is 5.32 Å². The molecule has 0 bridgehead atoms. The van der Waals surface area contributed by atoms with Crippen molar-refractivity contribution in [2.24, 2.45) is 0 Å². The Morgan fingerprint density at radius 1 is 1.00 bits per heavy atom. The van der Waals surface area contributed by atoms with Crippen molar-refractivity contribution in [1.82, 2.24) is 0 Å². The molecule has 1 unspecified atom stereocenters. The second-order valence-electron chi connectivity index (χ2n) is 4.20. The smallest absolute Gasteiger partial charge is 0.0488 e. The number of nitrogens with one attached hydrogen (secondary N) is 1. The summed E-state index contributed by atoms with van der Waals surface area (Å²) in [6, 6.07) is 17.2. The Balaban J connectivity index is 2.20. The van der Waals surface area contributed by atoms with Gasteiger partial charge in [-0.05, 0) is 59.7 Å². The van der Waals surface area contributed by atoms with E-state index in [0.29, 0.717) is 6.04 Å². The van der Waals surface area contributed by atoms with Gasteiger partial charge in [0, 0.05) is 15.3 Å². The van der Waals surface area contributed by atoms with Crippen LogP contribution in [0.2, 0.25) is 0 Å². The van der Waals surface area contributed by atoms with Gasteiger partial charge in [-0.15, -0.1) is 0 Å². The number of rotatable bonds is 3. The van der Waals surface area contributed by atoms with Crippen molar-refractivity contribution in [1.29, 1.82) is 0 Å². The van der Waals surface area contributed by atoms with Crippen molar-refractivity contribution in [3.8, 4) is 0 Å². The minimum Gasteiger partial charge on any atom is -0.378 e. The molecule has 88 valence electrons. The minimum atomic E-state index is 0.326. The van der Waals surface area contributed by atoms with Gasteiger partial charge in [0.2, 0.25) is 0 Å². The van der Waals surface area contributed by atoms with Crippen molar-refractivity contribution in [3.05, 3.63) is 63.2 Å². The topological polar surface area (TPSA) is 12.0 Å². The predicted octanol–water partition coefficient (Wildman–Crippen LogP) is 4.77. The van der Waals surface area contributed by atoms with Gasteiger partial charge in [0.1, 0.15) is 0 Å².